The molecule has 4 fully saturated rings. The van der Waals surface area contributed by atoms with Gasteiger partial charge in [0.2, 0.25) is 17.7 Å². The summed E-state index contributed by atoms with van der Waals surface area (Å²) in [6.07, 6.45) is 8.26. The lowest BCUT2D eigenvalue weighted by Crippen LogP contribution is -2.58. The highest BCUT2D eigenvalue weighted by atomic mass is 32.1. The van der Waals surface area contributed by atoms with E-state index < -0.39 is 53.5 Å². The second kappa shape index (κ2) is 17.8. The predicted octanol–water partition coefficient (Wildman–Crippen LogP) is 6.85. The van der Waals surface area contributed by atoms with Gasteiger partial charge < -0.3 is 40.2 Å². The number of likely N-dealkylation sites (tertiary alicyclic amines) is 1. The Kier molecular flexibility index (Phi) is 12.7. The van der Waals surface area contributed by atoms with Crippen LogP contribution in [0.2, 0.25) is 0 Å². The SMILES string of the molecule is C=CC1CC1(NC(=O)C1CC(Oc2cc(-c3csc(NC(=O)CC(C)(C)C)n3)nc3cc(OC)ccc23)CN1C(=O)C(NC(=O)OC1CCCC1)C1CCCCC1)C(=O)O. The van der Waals surface area contributed by atoms with E-state index in [1.165, 1.54) is 22.3 Å². The number of carboxylic acids is 1. The maximum atomic E-state index is 14.9. The van der Waals surface area contributed by atoms with Gasteiger partial charge in [0.15, 0.2) is 5.13 Å². The molecule has 4 amide bonds. The van der Waals surface area contributed by atoms with E-state index in [1.807, 2.05) is 26.8 Å². The molecule has 3 aliphatic carbocycles. The number of carbonyl (C=O) groups excluding carboxylic acids is 4. The fraction of sp³-hybridized carbons (Fsp3) is 0.568. The van der Waals surface area contributed by atoms with Gasteiger partial charge in [0.1, 0.15) is 47.0 Å². The van der Waals surface area contributed by atoms with Crippen LogP contribution in [-0.2, 0) is 23.9 Å². The number of carbonyl (C=O) groups is 5. The van der Waals surface area contributed by atoms with Crippen LogP contribution in [0.5, 0.6) is 11.5 Å². The number of hydrogen-bond acceptors (Lipinski definition) is 11. The van der Waals surface area contributed by atoms with Crippen LogP contribution in [0.1, 0.15) is 97.8 Å². The van der Waals surface area contributed by atoms with E-state index in [0.29, 0.717) is 45.3 Å². The largest absolute Gasteiger partial charge is 0.497 e. The number of amides is 4. The molecule has 1 saturated heterocycles. The molecule has 4 N–H and O–H groups in total. The maximum Gasteiger partial charge on any atom is 0.408 e. The van der Waals surface area contributed by atoms with Gasteiger partial charge in [-0.1, -0.05) is 46.1 Å². The summed E-state index contributed by atoms with van der Waals surface area (Å²) in [5.74, 6) is -2.03. The Labute approximate surface area is 354 Å². The van der Waals surface area contributed by atoms with Crippen molar-refractivity contribution in [2.24, 2.45) is 17.3 Å². The number of hydrogen-bond donors (Lipinski definition) is 4. The van der Waals surface area contributed by atoms with E-state index in [9.17, 15) is 29.1 Å². The van der Waals surface area contributed by atoms with Gasteiger partial charge in [-0.3, -0.25) is 14.4 Å². The number of carboxylic acid groups (broad SMARTS) is 1. The zero-order valence-electron chi connectivity index (χ0n) is 34.8. The van der Waals surface area contributed by atoms with Crippen LogP contribution >= 0.6 is 11.3 Å². The van der Waals surface area contributed by atoms with Gasteiger partial charge in [-0.05, 0) is 68.4 Å². The lowest BCUT2D eigenvalue weighted by molar-refractivity contribution is -0.146. The predicted molar refractivity (Wildman–Crippen MR) is 226 cm³/mol. The maximum absolute atomic E-state index is 14.9. The standard InChI is InChI=1S/C44H56N6O9S/c1-6-26-21-44(26,40(54)55)49-38(52)34-19-29(23-50(34)39(53)37(25-12-8-7-9-13-25)48-42(56)59-27-14-10-11-15-27)58-35-20-32(45-31-18-28(57-5)16-17-30(31)35)33-24-60-41(46-33)47-36(51)22-43(2,3)4/h6,16-18,20,24-27,29,34,37H,1,7-15,19,21-23H2,2-5H3,(H,48,56)(H,49,52)(H,54,55)(H,46,47,51). The second-order valence-electron chi connectivity index (χ2n) is 17.8. The van der Waals surface area contributed by atoms with Crippen molar-refractivity contribution in [1.82, 2.24) is 25.5 Å². The first-order chi connectivity index (χ1) is 28.7. The second-order valence-corrected chi connectivity index (χ2v) is 18.7. The summed E-state index contributed by atoms with van der Waals surface area (Å²) in [7, 11) is 1.56. The zero-order chi connectivity index (χ0) is 42.8. The molecule has 1 aromatic carbocycles. The molecule has 1 aliphatic heterocycles. The molecule has 16 heteroatoms. The van der Waals surface area contributed by atoms with Crippen molar-refractivity contribution in [3.8, 4) is 22.9 Å². The number of nitrogens with one attached hydrogen (secondary N) is 3. The Morgan fingerprint density at radius 2 is 1.75 bits per heavy atom. The molecule has 3 saturated carbocycles. The number of rotatable bonds is 14. The summed E-state index contributed by atoms with van der Waals surface area (Å²) in [6.45, 7) is 9.70. The summed E-state index contributed by atoms with van der Waals surface area (Å²) < 4.78 is 18.0. The Hall–Kier alpha value is -5.25. The molecule has 0 spiro atoms. The van der Waals surface area contributed by atoms with Crippen molar-refractivity contribution < 1.29 is 43.3 Å². The fourth-order valence-corrected chi connectivity index (χ4v) is 9.57. The molecule has 3 aromatic rings. The van der Waals surface area contributed by atoms with Crippen LogP contribution < -0.4 is 25.4 Å². The van der Waals surface area contributed by atoms with E-state index in [0.717, 1.165) is 57.8 Å². The molecule has 5 unspecified atom stereocenters. The molecule has 2 aromatic heterocycles. The van der Waals surface area contributed by atoms with E-state index in [4.69, 9.17) is 19.2 Å². The molecule has 15 nitrogen and oxygen atoms in total. The molecule has 3 heterocycles. The smallest absolute Gasteiger partial charge is 0.408 e. The lowest BCUT2D eigenvalue weighted by Gasteiger charge is -2.34. The van der Waals surface area contributed by atoms with Crippen LogP contribution in [0.25, 0.3) is 22.3 Å². The molecule has 322 valence electrons. The molecular formula is C44H56N6O9S. The molecule has 0 bridgehead atoms. The Morgan fingerprint density at radius 3 is 2.42 bits per heavy atom. The fourth-order valence-electron chi connectivity index (χ4n) is 8.85. The molecular weight excluding hydrogens is 789 g/mol. The highest BCUT2D eigenvalue weighted by molar-refractivity contribution is 7.14. The number of methoxy groups -OCH3 is 1. The van der Waals surface area contributed by atoms with Crippen LogP contribution in [-0.4, -0.2) is 93.2 Å². The summed E-state index contributed by atoms with van der Waals surface area (Å²) >= 11 is 1.27. The van der Waals surface area contributed by atoms with Crippen molar-refractivity contribution in [2.45, 2.75) is 128 Å². The van der Waals surface area contributed by atoms with Gasteiger partial charge in [-0.25, -0.2) is 19.6 Å². The zero-order valence-corrected chi connectivity index (χ0v) is 35.6. The quantitative estimate of drug-likeness (QED) is 0.124. The number of nitrogens with zero attached hydrogens (tertiary/aromatic N) is 3. The minimum absolute atomic E-state index is 0.0135. The number of anilines is 1. The first-order valence-electron chi connectivity index (χ1n) is 21.0. The Balaban J connectivity index is 1.19. The lowest BCUT2D eigenvalue weighted by atomic mass is 9.83. The minimum Gasteiger partial charge on any atom is -0.497 e. The van der Waals surface area contributed by atoms with Gasteiger partial charge in [-0.15, -0.1) is 17.9 Å². The molecule has 0 radical (unpaired) electrons. The van der Waals surface area contributed by atoms with E-state index in [-0.39, 0.29) is 42.7 Å². The number of aliphatic carboxylic acids is 1. The Morgan fingerprint density at radius 1 is 1.02 bits per heavy atom. The number of ether oxygens (including phenoxy) is 3. The van der Waals surface area contributed by atoms with Crippen molar-refractivity contribution in [3.63, 3.8) is 0 Å². The van der Waals surface area contributed by atoms with Gasteiger partial charge >= 0.3 is 12.1 Å². The number of fused-ring (bicyclic) bond motifs is 1. The van der Waals surface area contributed by atoms with Crippen molar-refractivity contribution in [3.05, 3.63) is 42.3 Å². The Bertz CT molecular complexity index is 2120. The number of benzene rings is 1. The van der Waals surface area contributed by atoms with Crippen LogP contribution in [0.4, 0.5) is 9.93 Å². The van der Waals surface area contributed by atoms with Crippen LogP contribution in [0, 0.1) is 17.3 Å². The third-order valence-corrected chi connectivity index (χ3v) is 12.8. The highest BCUT2D eigenvalue weighted by Gasteiger charge is 2.61. The summed E-state index contributed by atoms with van der Waals surface area (Å²) in [5.41, 5.74) is -0.205. The third kappa shape index (κ3) is 9.69. The van der Waals surface area contributed by atoms with Crippen molar-refractivity contribution in [1.29, 1.82) is 0 Å². The van der Waals surface area contributed by atoms with Crippen LogP contribution in [0.15, 0.2) is 42.3 Å². The minimum atomic E-state index is -1.52. The van der Waals surface area contributed by atoms with Crippen molar-refractivity contribution >= 4 is 57.2 Å². The summed E-state index contributed by atoms with van der Waals surface area (Å²) in [5, 5.41) is 21.6. The first kappa shape index (κ1) is 42.9. The van der Waals surface area contributed by atoms with E-state index >= 15 is 0 Å². The van der Waals surface area contributed by atoms with Crippen LogP contribution in [0.3, 0.4) is 0 Å². The number of aromatic nitrogens is 2. The number of pyridine rings is 1. The number of thiazole rings is 1. The van der Waals surface area contributed by atoms with Gasteiger partial charge in [0.25, 0.3) is 0 Å². The van der Waals surface area contributed by atoms with Crippen molar-refractivity contribution in [2.75, 3.05) is 19.0 Å². The third-order valence-electron chi connectivity index (χ3n) is 12.1. The monoisotopic (exact) mass is 844 g/mol. The average molecular weight is 845 g/mol. The topological polar surface area (TPSA) is 198 Å². The normalized spacial score (nSPS) is 23.7. The molecule has 7 rings (SSSR count). The van der Waals surface area contributed by atoms with Gasteiger partial charge in [-0.2, -0.15) is 0 Å². The van der Waals surface area contributed by atoms with E-state index in [2.05, 4.69) is 27.5 Å². The summed E-state index contributed by atoms with van der Waals surface area (Å²) in [6, 6.07) is 5.06. The molecule has 60 heavy (non-hydrogen) atoms. The first-order valence-corrected chi connectivity index (χ1v) is 21.9. The van der Waals surface area contributed by atoms with Gasteiger partial charge in [0, 0.05) is 41.7 Å². The molecule has 5 atom stereocenters. The average Bonchev–Trinajstić information content (AvgIpc) is 3.62. The summed E-state index contributed by atoms with van der Waals surface area (Å²) in [4.78, 5) is 78.6. The van der Waals surface area contributed by atoms with E-state index in [1.54, 1.807) is 30.7 Å². The van der Waals surface area contributed by atoms with Gasteiger partial charge in [0.05, 0.1) is 24.9 Å². The highest BCUT2D eigenvalue weighted by Crippen LogP contribution is 2.45. The number of alkyl carbamates (subject to hydrolysis) is 1. The molecule has 4 aliphatic rings.